The standard InChI is InChI=1S/C14H19N3S/c1-3-17(13-6-4-5-11(2)9-13)8-7-12-10-18-14(15)16-12/h4-6,9-10H,3,7-8H2,1-2H3,(H2,15,16). The number of nitrogen functional groups attached to an aromatic ring is 1. The number of nitrogens with zero attached hydrogens (tertiary/aromatic N) is 2. The van der Waals surface area contributed by atoms with Gasteiger partial charge in [0.25, 0.3) is 0 Å². The van der Waals surface area contributed by atoms with E-state index in [9.17, 15) is 0 Å². The molecule has 18 heavy (non-hydrogen) atoms. The van der Waals surface area contributed by atoms with E-state index in [0.717, 1.165) is 25.2 Å². The molecule has 1 aromatic heterocycles. The number of hydrogen-bond acceptors (Lipinski definition) is 4. The average Bonchev–Trinajstić information content (AvgIpc) is 2.76. The molecule has 0 atom stereocenters. The molecule has 0 unspecified atom stereocenters. The SMILES string of the molecule is CCN(CCc1csc(N)n1)c1cccc(C)c1. The Hall–Kier alpha value is -1.55. The zero-order valence-corrected chi connectivity index (χ0v) is 11.7. The minimum Gasteiger partial charge on any atom is -0.375 e. The van der Waals surface area contributed by atoms with E-state index in [1.165, 1.54) is 22.6 Å². The molecule has 0 fully saturated rings. The van der Waals surface area contributed by atoms with Crippen molar-refractivity contribution in [1.29, 1.82) is 0 Å². The van der Waals surface area contributed by atoms with Crippen molar-refractivity contribution in [3.8, 4) is 0 Å². The van der Waals surface area contributed by atoms with Gasteiger partial charge in [0.15, 0.2) is 5.13 Å². The van der Waals surface area contributed by atoms with Crippen LogP contribution in [0.4, 0.5) is 10.8 Å². The van der Waals surface area contributed by atoms with Crippen LogP contribution in [-0.4, -0.2) is 18.1 Å². The Kier molecular flexibility index (Phi) is 4.20. The Bertz CT molecular complexity index is 507. The molecule has 2 aromatic rings. The van der Waals surface area contributed by atoms with Crippen LogP contribution in [0.1, 0.15) is 18.2 Å². The van der Waals surface area contributed by atoms with Crippen LogP contribution in [-0.2, 0) is 6.42 Å². The third-order valence-corrected chi connectivity index (χ3v) is 3.68. The van der Waals surface area contributed by atoms with Crippen LogP contribution in [0.15, 0.2) is 29.6 Å². The topological polar surface area (TPSA) is 42.1 Å². The highest BCUT2D eigenvalue weighted by molar-refractivity contribution is 7.13. The summed E-state index contributed by atoms with van der Waals surface area (Å²) in [6.45, 7) is 6.28. The molecule has 0 aliphatic rings. The fourth-order valence-corrected chi connectivity index (χ4v) is 2.58. The van der Waals surface area contributed by atoms with Gasteiger partial charge in [-0.15, -0.1) is 11.3 Å². The number of likely N-dealkylation sites (N-methyl/N-ethyl adjacent to an activating group) is 1. The van der Waals surface area contributed by atoms with E-state index in [2.05, 4.69) is 48.0 Å². The maximum Gasteiger partial charge on any atom is 0.180 e. The molecule has 0 radical (unpaired) electrons. The molecule has 96 valence electrons. The monoisotopic (exact) mass is 261 g/mol. The molecule has 3 nitrogen and oxygen atoms in total. The quantitative estimate of drug-likeness (QED) is 0.899. The van der Waals surface area contributed by atoms with Crippen LogP contribution < -0.4 is 10.6 Å². The minimum atomic E-state index is 0.656. The number of anilines is 2. The van der Waals surface area contributed by atoms with E-state index >= 15 is 0 Å². The van der Waals surface area contributed by atoms with E-state index in [-0.39, 0.29) is 0 Å². The second-order valence-electron chi connectivity index (χ2n) is 4.35. The van der Waals surface area contributed by atoms with Gasteiger partial charge in [-0.2, -0.15) is 0 Å². The smallest absolute Gasteiger partial charge is 0.180 e. The second-order valence-corrected chi connectivity index (χ2v) is 5.24. The summed E-state index contributed by atoms with van der Waals surface area (Å²) >= 11 is 1.51. The highest BCUT2D eigenvalue weighted by Crippen LogP contribution is 2.17. The van der Waals surface area contributed by atoms with Crippen LogP contribution in [0.2, 0.25) is 0 Å². The van der Waals surface area contributed by atoms with E-state index < -0.39 is 0 Å². The van der Waals surface area contributed by atoms with Crippen molar-refractivity contribution >= 4 is 22.2 Å². The van der Waals surface area contributed by atoms with Crippen molar-refractivity contribution < 1.29 is 0 Å². The van der Waals surface area contributed by atoms with Crippen LogP contribution in [0, 0.1) is 6.92 Å². The summed E-state index contributed by atoms with van der Waals surface area (Å²) in [5, 5.41) is 2.70. The van der Waals surface area contributed by atoms with E-state index in [1.807, 2.05) is 5.38 Å². The number of rotatable bonds is 5. The Balaban J connectivity index is 2.01. The van der Waals surface area contributed by atoms with Gasteiger partial charge in [0.05, 0.1) is 5.69 Å². The van der Waals surface area contributed by atoms with Crippen LogP contribution in [0.5, 0.6) is 0 Å². The van der Waals surface area contributed by atoms with Crippen molar-refractivity contribution in [2.24, 2.45) is 0 Å². The van der Waals surface area contributed by atoms with Crippen molar-refractivity contribution in [3.63, 3.8) is 0 Å². The predicted molar refractivity (Wildman–Crippen MR) is 79.3 cm³/mol. The van der Waals surface area contributed by atoms with Gasteiger partial charge in [-0.05, 0) is 31.5 Å². The molecule has 0 amide bonds. The lowest BCUT2D eigenvalue weighted by Gasteiger charge is -2.23. The Morgan fingerprint density at radius 1 is 1.39 bits per heavy atom. The molecular formula is C14H19N3S. The second kappa shape index (κ2) is 5.87. The summed E-state index contributed by atoms with van der Waals surface area (Å²) in [7, 11) is 0. The third-order valence-electron chi connectivity index (χ3n) is 2.96. The lowest BCUT2D eigenvalue weighted by molar-refractivity contribution is 0.798. The van der Waals surface area contributed by atoms with Gasteiger partial charge >= 0.3 is 0 Å². The summed E-state index contributed by atoms with van der Waals surface area (Å²) in [5.41, 5.74) is 9.30. The largest absolute Gasteiger partial charge is 0.375 e. The molecule has 4 heteroatoms. The maximum absolute atomic E-state index is 5.64. The first-order valence-corrected chi connectivity index (χ1v) is 7.08. The van der Waals surface area contributed by atoms with Crippen LogP contribution in [0.25, 0.3) is 0 Å². The number of aryl methyl sites for hydroxylation is 1. The third kappa shape index (κ3) is 3.23. The Morgan fingerprint density at radius 2 is 2.22 bits per heavy atom. The van der Waals surface area contributed by atoms with Gasteiger partial charge in [-0.1, -0.05) is 12.1 Å². The molecule has 1 heterocycles. The number of nitrogens with two attached hydrogens (primary N) is 1. The highest BCUT2D eigenvalue weighted by atomic mass is 32.1. The summed E-state index contributed by atoms with van der Waals surface area (Å²) < 4.78 is 0. The molecule has 0 aliphatic heterocycles. The van der Waals surface area contributed by atoms with Gasteiger partial charge in [0.1, 0.15) is 0 Å². The Morgan fingerprint density at radius 3 is 2.83 bits per heavy atom. The predicted octanol–water partition coefficient (Wildman–Crippen LogP) is 3.10. The van der Waals surface area contributed by atoms with Crippen LogP contribution >= 0.6 is 11.3 Å². The van der Waals surface area contributed by atoms with Gasteiger partial charge in [0.2, 0.25) is 0 Å². The van der Waals surface area contributed by atoms with E-state index in [1.54, 1.807) is 0 Å². The fourth-order valence-electron chi connectivity index (χ4n) is 1.98. The number of thiazole rings is 1. The summed E-state index contributed by atoms with van der Waals surface area (Å²) in [4.78, 5) is 6.66. The molecule has 0 aliphatic carbocycles. The molecule has 0 saturated heterocycles. The zero-order chi connectivity index (χ0) is 13.0. The highest BCUT2D eigenvalue weighted by Gasteiger charge is 2.06. The van der Waals surface area contributed by atoms with Crippen molar-refractivity contribution in [2.45, 2.75) is 20.3 Å². The fraction of sp³-hybridized carbons (Fsp3) is 0.357. The number of hydrogen-bond donors (Lipinski definition) is 1. The molecular weight excluding hydrogens is 242 g/mol. The Labute approximate surface area is 112 Å². The van der Waals surface area contributed by atoms with Gasteiger partial charge in [-0.3, -0.25) is 0 Å². The average molecular weight is 261 g/mol. The van der Waals surface area contributed by atoms with Crippen molar-refractivity contribution in [1.82, 2.24) is 4.98 Å². The first-order chi connectivity index (χ1) is 8.69. The maximum atomic E-state index is 5.64. The molecule has 2 rings (SSSR count). The molecule has 0 saturated carbocycles. The van der Waals surface area contributed by atoms with Crippen LogP contribution in [0.3, 0.4) is 0 Å². The van der Waals surface area contributed by atoms with E-state index in [0.29, 0.717) is 5.13 Å². The first kappa shape index (κ1) is 12.9. The van der Waals surface area contributed by atoms with Crippen molar-refractivity contribution in [3.05, 3.63) is 40.9 Å². The molecule has 1 aromatic carbocycles. The summed E-state index contributed by atoms with van der Waals surface area (Å²) in [6, 6.07) is 8.61. The van der Waals surface area contributed by atoms with Gasteiger partial charge < -0.3 is 10.6 Å². The van der Waals surface area contributed by atoms with Gasteiger partial charge in [-0.25, -0.2) is 4.98 Å². The number of benzene rings is 1. The summed E-state index contributed by atoms with van der Waals surface area (Å²) in [5.74, 6) is 0. The molecule has 0 bridgehead atoms. The van der Waals surface area contributed by atoms with Gasteiger partial charge in [0, 0.05) is 30.6 Å². The first-order valence-electron chi connectivity index (χ1n) is 6.20. The van der Waals surface area contributed by atoms with Crippen molar-refractivity contribution in [2.75, 3.05) is 23.7 Å². The summed E-state index contributed by atoms with van der Waals surface area (Å²) in [6.07, 6.45) is 0.940. The molecule has 0 spiro atoms. The minimum absolute atomic E-state index is 0.656. The number of aromatic nitrogens is 1. The zero-order valence-electron chi connectivity index (χ0n) is 10.9. The lowest BCUT2D eigenvalue weighted by atomic mass is 10.2. The normalized spacial score (nSPS) is 10.6. The van der Waals surface area contributed by atoms with E-state index in [4.69, 9.17) is 5.73 Å². The lowest BCUT2D eigenvalue weighted by Crippen LogP contribution is -2.25. The molecule has 2 N–H and O–H groups in total.